The molecule has 0 fully saturated rings. The summed E-state index contributed by atoms with van der Waals surface area (Å²) < 4.78 is 1.50. The molecule has 0 atom stereocenters. The van der Waals surface area contributed by atoms with Crippen molar-refractivity contribution in [1.82, 2.24) is 20.2 Å². The van der Waals surface area contributed by atoms with E-state index in [0.717, 1.165) is 16.3 Å². The lowest BCUT2D eigenvalue weighted by Gasteiger charge is -2.08. The summed E-state index contributed by atoms with van der Waals surface area (Å²) in [5.74, 6) is -0.224. The average Bonchev–Trinajstić information content (AvgIpc) is 3.21. The quantitative estimate of drug-likeness (QED) is 0.577. The molecule has 4 aromatic rings. The maximum atomic E-state index is 12.4. The third kappa shape index (κ3) is 3.21. The molecule has 1 aromatic heterocycles. The lowest BCUT2D eigenvalue weighted by atomic mass is 10.0. The van der Waals surface area contributed by atoms with Crippen molar-refractivity contribution >= 4 is 28.4 Å². The molecule has 0 bridgehead atoms. The fourth-order valence-corrected chi connectivity index (χ4v) is 2.79. The number of tetrazole rings is 1. The van der Waals surface area contributed by atoms with Crippen LogP contribution >= 0.6 is 0 Å². The van der Waals surface area contributed by atoms with Crippen molar-refractivity contribution in [2.75, 3.05) is 5.32 Å². The zero-order valence-electron chi connectivity index (χ0n) is 13.8. The van der Waals surface area contributed by atoms with Crippen molar-refractivity contribution in [3.8, 4) is 5.69 Å². The van der Waals surface area contributed by atoms with Gasteiger partial charge in [0, 0.05) is 6.08 Å². The number of hydrogen-bond acceptors (Lipinski definition) is 4. The summed E-state index contributed by atoms with van der Waals surface area (Å²) in [7, 11) is 0. The highest BCUT2D eigenvalue weighted by molar-refractivity contribution is 6.04. The van der Waals surface area contributed by atoms with E-state index in [-0.39, 0.29) is 5.91 Å². The van der Waals surface area contributed by atoms with E-state index in [2.05, 4.69) is 33.0 Å². The van der Waals surface area contributed by atoms with Crippen molar-refractivity contribution in [1.29, 1.82) is 0 Å². The molecule has 0 aliphatic heterocycles. The normalized spacial score (nSPS) is 11.1. The van der Waals surface area contributed by atoms with Gasteiger partial charge in [-0.15, -0.1) is 5.10 Å². The van der Waals surface area contributed by atoms with Gasteiger partial charge in [0.1, 0.15) is 6.33 Å². The predicted octanol–water partition coefficient (Wildman–Crippen LogP) is 3.47. The van der Waals surface area contributed by atoms with Crippen LogP contribution < -0.4 is 5.32 Å². The summed E-state index contributed by atoms with van der Waals surface area (Å²) in [6.45, 7) is 0. The number of amides is 1. The number of carbonyl (C=O) groups excluding carboxylic acids is 1. The zero-order valence-corrected chi connectivity index (χ0v) is 13.8. The first-order valence-electron chi connectivity index (χ1n) is 8.10. The molecule has 6 heteroatoms. The first kappa shape index (κ1) is 15.7. The van der Waals surface area contributed by atoms with E-state index in [1.807, 2.05) is 54.6 Å². The Morgan fingerprint density at radius 1 is 0.962 bits per heavy atom. The van der Waals surface area contributed by atoms with Gasteiger partial charge in [0.05, 0.1) is 11.4 Å². The number of fused-ring (bicyclic) bond motifs is 1. The molecular weight excluding hydrogens is 326 g/mol. The van der Waals surface area contributed by atoms with Crippen LogP contribution in [0.4, 0.5) is 5.69 Å². The van der Waals surface area contributed by atoms with Crippen LogP contribution in [0.5, 0.6) is 0 Å². The fraction of sp³-hybridized carbons (Fsp3) is 0. The molecule has 4 rings (SSSR count). The molecule has 0 aliphatic carbocycles. The van der Waals surface area contributed by atoms with Crippen molar-refractivity contribution in [2.45, 2.75) is 0 Å². The number of aromatic nitrogens is 4. The van der Waals surface area contributed by atoms with E-state index in [4.69, 9.17) is 0 Å². The van der Waals surface area contributed by atoms with Gasteiger partial charge in [-0.05, 0) is 45.0 Å². The minimum Gasteiger partial charge on any atom is -0.321 e. The highest BCUT2D eigenvalue weighted by atomic mass is 16.1. The third-order valence-electron chi connectivity index (χ3n) is 4.00. The Kier molecular flexibility index (Phi) is 4.22. The maximum absolute atomic E-state index is 12.4. The standard InChI is InChI=1S/C20H15N5O/c26-20(13-12-16-8-5-7-15-6-1-2-9-17(15)16)22-18-10-3-4-11-19(18)25-14-21-23-24-25/h1-14H,(H,22,26)/b13-12+. The number of anilines is 1. The molecule has 1 heterocycles. The highest BCUT2D eigenvalue weighted by Crippen LogP contribution is 2.21. The van der Waals surface area contributed by atoms with Gasteiger partial charge in [0.2, 0.25) is 5.91 Å². The lowest BCUT2D eigenvalue weighted by Crippen LogP contribution is -2.11. The Balaban J connectivity index is 1.57. The number of nitrogens with zero attached hydrogens (tertiary/aromatic N) is 4. The number of benzene rings is 3. The molecule has 3 aromatic carbocycles. The molecule has 0 spiro atoms. The first-order valence-corrected chi connectivity index (χ1v) is 8.10. The zero-order chi connectivity index (χ0) is 17.8. The molecule has 0 saturated heterocycles. The summed E-state index contributed by atoms with van der Waals surface area (Å²) in [6.07, 6.45) is 4.83. The number of carbonyl (C=O) groups is 1. The van der Waals surface area contributed by atoms with E-state index in [9.17, 15) is 4.79 Å². The van der Waals surface area contributed by atoms with Gasteiger partial charge >= 0.3 is 0 Å². The fourth-order valence-electron chi connectivity index (χ4n) is 2.79. The van der Waals surface area contributed by atoms with E-state index < -0.39 is 0 Å². The summed E-state index contributed by atoms with van der Waals surface area (Å²) >= 11 is 0. The monoisotopic (exact) mass is 341 g/mol. The molecular formula is C20H15N5O. The van der Waals surface area contributed by atoms with Crippen molar-refractivity contribution < 1.29 is 4.79 Å². The summed E-state index contributed by atoms with van der Waals surface area (Å²) in [4.78, 5) is 12.4. The number of nitrogens with one attached hydrogen (secondary N) is 1. The van der Waals surface area contributed by atoms with Gasteiger partial charge in [0.15, 0.2) is 0 Å². The second-order valence-corrected chi connectivity index (χ2v) is 5.66. The molecule has 1 amide bonds. The van der Waals surface area contributed by atoms with Crippen LogP contribution in [0, 0.1) is 0 Å². The summed E-state index contributed by atoms with van der Waals surface area (Å²) in [6, 6.07) is 21.4. The number of rotatable bonds is 4. The molecule has 126 valence electrons. The Labute approximate surface area is 149 Å². The number of para-hydroxylation sites is 2. The van der Waals surface area contributed by atoms with Crippen LogP contribution in [0.2, 0.25) is 0 Å². The van der Waals surface area contributed by atoms with Crippen molar-refractivity contribution in [2.24, 2.45) is 0 Å². The summed E-state index contributed by atoms with van der Waals surface area (Å²) in [5.41, 5.74) is 2.32. The van der Waals surface area contributed by atoms with Gasteiger partial charge in [0.25, 0.3) is 0 Å². The maximum Gasteiger partial charge on any atom is 0.248 e. The van der Waals surface area contributed by atoms with Gasteiger partial charge in [-0.2, -0.15) is 4.68 Å². The van der Waals surface area contributed by atoms with Crippen LogP contribution in [-0.2, 0) is 4.79 Å². The second kappa shape index (κ2) is 6.98. The van der Waals surface area contributed by atoms with Crippen LogP contribution in [-0.4, -0.2) is 26.1 Å². The average molecular weight is 341 g/mol. The SMILES string of the molecule is O=C(/C=C/c1cccc2ccccc12)Nc1ccccc1-n1cnnn1. The molecule has 0 radical (unpaired) electrons. The van der Waals surface area contributed by atoms with Crippen LogP contribution in [0.1, 0.15) is 5.56 Å². The van der Waals surface area contributed by atoms with E-state index in [1.165, 1.54) is 17.1 Å². The van der Waals surface area contributed by atoms with Gasteiger partial charge in [-0.25, -0.2) is 0 Å². The molecule has 1 N–H and O–H groups in total. The highest BCUT2D eigenvalue weighted by Gasteiger charge is 2.07. The molecule has 0 unspecified atom stereocenters. The lowest BCUT2D eigenvalue weighted by molar-refractivity contribution is -0.111. The van der Waals surface area contributed by atoms with Gasteiger partial charge in [-0.3, -0.25) is 4.79 Å². The first-order chi connectivity index (χ1) is 12.8. The minimum atomic E-state index is -0.224. The minimum absolute atomic E-state index is 0.224. The van der Waals surface area contributed by atoms with E-state index in [0.29, 0.717) is 11.4 Å². The molecule has 26 heavy (non-hydrogen) atoms. The molecule has 6 nitrogen and oxygen atoms in total. The summed E-state index contributed by atoms with van der Waals surface area (Å²) in [5, 5.41) is 16.2. The van der Waals surface area contributed by atoms with Crippen LogP contribution in [0.3, 0.4) is 0 Å². The Morgan fingerprint density at radius 3 is 2.65 bits per heavy atom. The van der Waals surface area contributed by atoms with Gasteiger partial charge < -0.3 is 5.32 Å². The number of hydrogen-bond donors (Lipinski definition) is 1. The Bertz CT molecular complexity index is 1080. The Hall–Kier alpha value is -3.80. The Morgan fingerprint density at radius 2 is 1.77 bits per heavy atom. The van der Waals surface area contributed by atoms with Gasteiger partial charge in [-0.1, -0.05) is 54.6 Å². The van der Waals surface area contributed by atoms with Crippen LogP contribution in [0.25, 0.3) is 22.5 Å². The van der Waals surface area contributed by atoms with E-state index >= 15 is 0 Å². The topological polar surface area (TPSA) is 72.7 Å². The van der Waals surface area contributed by atoms with Crippen molar-refractivity contribution in [3.63, 3.8) is 0 Å². The molecule has 0 aliphatic rings. The largest absolute Gasteiger partial charge is 0.321 e. The van der Waals surface area contributed by atoms with Crippen molar-refractivity contribution in [3.05, 3.63) is 84.7 Å². The second-order valence-electron chi connectivity index (χ2n) is 5.66. The molecule has 0 saturated carbocycles. The third-order valence-corrected chi connectivity index (χ3v) is 4.00. The van der Waals surface area contributed by atoms with Crippen LogP contribution in [0.15, 0.2) is 79.1 Å². The van der Waals surface area contributed by atoms with E-state index in [1.54, 1.807) is 6.07 Å². The smallest absolute Gasteiger partial charge is 0.248 e. The predicted molar refractivity (Wildman–Crippen MR) is 101 cm³/mol.